The van der Waals surface area contributed by atoms with Crippen LogP contribution < -0.4 is 0 Å². The Labute approximate surface area is 80.9 Å². The Hall–Kier alpha value is -1.33. The molecule has 0 saturated heterocycles. The molecule has 0 N–H and O–H groups in total. The molecular weight excluding hydrogens is 180 g/mol. The molecule has 0 amide bonds. The number of rotatable bonds is 3. The zero-order chi connectivity index (χ0) is 9.52. The predicted octanol–water partition coefficient (Wildman–Crippen LogP) is 1.98. The highest BCUT2D eigenvalue weighted by Gasteiger charge is 1.98. The summed E-state index contributed by atoms with van der Waals surface area (Å²) in [5.74, 6) is 2.84. The van der Waals surface area contributed by atoms with Crippen LogP contribution in [-0.4, -0.2) is 9.96 Å². The van der Waals surface area contributed by atoms with Gasteiger partial charge in [0.25, 0.3) is 0 Å². The van der Waals surface area contributed by atoms with Crippen LogP contribution in [0.2, 0.25) is 0 Å². The van der Waals surface area contributed by atoms with Gasteiger partial charge in [0, 0.05) is 10.6 Å². The first-order chi connectivity index (χ1) is 6.34. The molecule has 1 rings (SSSR count). The van der Waals surface area contributed by atoms with E-state index in [9.17, 15) is 4.21 Å². The lowest BCUT2D eigenvalue weighted by Gasteiger charge is -1.96. The van der Waals surface area contributed by atoms with Gasteiger partial charge in [0.2, 0.25) is 0 Å². The summed E-state index contributed by atoms with van der Waals surface area (Å²) in [7, 11) is -0.967. The topological polar surface area (TPSA) is 17.1 Å². The van der Waals surface area contributed by atoms with Crippen LogP contribution in [0, 0.1) is 12.3 Å². The summed E-state index contributed by atoms with van der Waals surface area (Å²) in [5.41, 5.74) is 0. The zero-order valence-electron chi connectivity index (χ0n) is 7.14. The predicted molar refractivity (Wildman–Crippen MR) is 55.7 cm³/mol. The van der Waals surface area contributed by atoms with E-state index < -0.39 is 10.8 Å². The van der Waals surface area contributed by atoms with Crippen molar-refractivity contribution in [3.05, 3.63) is 42.5 Å². The van der Waals surface area contributed by atoms with Gasteiger partial charge in [-0.25, -0.2) is 0 Å². The van der Waals surface area contributed by atoms with E-state index in [0.29, 0.717) is 5.75 Å². The lowest BCUT2D eigenvalue weighted by Crippen LogP contribution is -1.93. The van der Waals surface area contributed by atoms with Gasteiger partial charge in [-0.05, 0) is 18.2 Å². The molecule has 0 spiro atoms. The minimum atomic E-state index is -0.967. The molecular formula is C11H10OS. The van der Waals surface area contributed by atoms with Crippen molar-refractivity contribution in [1.82, 2.24) is 0 Å². The normalized spacial score (nSPS) is 12.5. The standard InChI is InChI=1S/C11H10OS/c1-2-3-7-10-13(12)11-8-5-4-6-9-11/h1,3-9H,10H2/b7-3+. The molecule has 1 nitrogen and oxygen atoms in total. The molecule has 0 aliphatic rings. The maximum atomic E-state index is 11.5. The minimum absolute atomic E-state index is 0.480. The van der Waals surface area contributed by atoms with Gasteiger partial charge < -0.3 is 0 Å². The summed E-state index contributed by atoms with van der Waals surface area (Å²) in [6.07, 6.45) is 8.33. The monoisotopic (exact) mass is 190 g/mol. The van der Waals surface area contributed by atoms with Gasteiger partial charge >= 0.3 is 0 Å². The van der Waals surface area contributed by atoms with Gasteiger partial charge in [-0.1, -0.05) is 30.2 Å². The second-order valence-electron chi connectivity index (χ2n) is 2.39. The van der Waals surface area contributed by atoms with E-state index in [1.807, 2.05) is 30.3 Å². The van der Waals surface area contributed by atoms with Crippen LogP contribution in [-0.2, 0) is 10.8 Å². The summed E-state index contributed by atoms with van der Waals surface area (Å²) < 4.78 is 11.5. The Morgan fingerprint density at radius 1 is 1.38 bits per heavy atom. The van der Waals surface area contributed by atoms with E-state index in [-0.39, 0.29) is 0 Å². The number of hydrogen-bond donors (Lipinski definition) is 0. The second kappa shape index (κ2) is 5.34. The van der Waals surface area contributed by atoms with E-state index in [0.717, 1.165) is 4.90 Å². The quantitative estimate of drug-likeness (QED) is 0.666. The van der Waals surface area contributed by atoms with Gasteiger partial charge in [0.15, 0.2) is 0 Å². The third-order valence-electron chi connectivity index (χ3n) is 1.47. The smallest absolute Gasteiger partial charge is 0.0568 e. The third kappa shape index (κ3) is 3.27. The van der Waals surface area contributed by atoms with Crippen molar-refractivity contribution in [3.63, 3.8) is 0 Å². The van der Waals surface area contributed by atoms with Crippen LogP contribution in [0.25, 0.3) is 0 Å². The average molecular weight is 190 g/mol. The lowest BCUT2D eigenvalue weighted by molar-refractivity contribution is 0.685. The highest BCUT2D eigenvalue weighted by atomic mass is 32.2. The third-order valence-corrected chi connectivity index (χ3v) is 2.76. The SMILES string of the molecule is C#C/C=C/CS(=O)c1ccccc1. The molecule has 13 heavy (non-hydrogen) atoms. The number of terminal acetylenes is 1. The highest BCUT2D eigenvalue weighted by Crippen LogP contribution is 2.05. The maximum absolute atomic E-state index is 11.5. The molecule has 1 atom stereocenters. The van der Waals surface area contributed by atoms with Crippen molar-refractivity contribution in [1.29, 1.82) is 0 Å². The van der Waals surface area contributed by atoms with Crippen molar-refractivity contribution in [3.8, 4) is 12.3 Å². The van der Waals surface area contributed by atoms with Gasteiger partial charge in [-0.2, -0.15) is 0 Å². The van der Waals surface area contributed by atoms with E-state index in [1.54, 1.807) is 12.2 Å². The molecule has 0 aromatic heterocycles. The molecule has 66 valence electrons. The molecule has 2 heteroatoms. The fourth-order valence-corrected chi connectivity index (χ4v) is 1.80. The molecule has 0 aliphatic heterocycles. The van der Waals surface area contributed by atoms with E-state index >= 15 is 0 Å². The summed E-state index contributed by atoms with van der Waals surface area (Å²) >= 11 is 0. The first kappa shape index (κ1) is 9.76. The fraction of sp³-hybridized carbons (Fsp3) is 0.0909. The average Bonchev–Trinajstić information content (AvgIpc) is 2.19. The van der Waals surface area contributed by atoms with Crippen molar-refractivity contribution >= 4 is 10.8 Å². The van der Waals surface area contributed by atoms with Crippen molar-refractivity contribution in [2.45, 2.75) is 4.90 Å². The van der Waals surface area contributed by atoms with Crippen LogP contribution in [0.1, 0.15) is 0 Å². The second-order valence-corrected chi connectivity index (χ2v) is 3.89. The summed E-state index contributed by atoms with van der Waals surface area (Å²) in [4.78, 5) is 0.837. The number of hydrogen-bond acceptors (Lipinski definition) is 1. The molecule has 0 saturated carbocycles. The van der Waals surface area contributed by atoms with Crippen LogP contribution in [0.3, 0.4) is 0 Å². The first-order valence-electron chi connectivity index (χ1n) is 3.89. The van der Waals surface area contributed by atoms with Gasteiger partial charge in [0.1, 0.15) is 0 Å². The molecule has 1 unspecified atom stereocenters. The van der Waals surface area contributed by atoms with Gasteiger partial charge in [-0.3, -0.25) is 4.21 Å². The summed E-state index contributed by atoms with van der Waals surface area (Å²) in [6.45, 7) is 0. The number of allylic oxidation sites excluding steroid dienone is 1. The summed E-state index contributed by atoms with van der Waals surface area (Å²) in [6, 6.07) is 9.34. The minimum Gasteiger partial charge on any atom is -0.254 e. The van der Waals surface area contributed by atoms with E-state index in [2.05, 4.69) is 5.92 Å². The molecule has 0 bridgehead atoms. The molecule has 0 radical (unpaired) electrons. The van der Waals surface area contributed by atoms with Crippen molar-refractivity contribution < 1.29 is 4.21 Å². The summed E-state index contributed by atoms with van der Waals surface area (Å²) in [5, 5.41) is 0. The Morgan fingerprint density at radius 3 is 2.69 bits per heavy atom. The fourth-order valence-electron chi connectivity index (χ4n) is 0.872. The largest absolute Gasteiger partial charge is 0.254 e. The van der Waals surface area contributed by atoms with Crippen molar-refractivity contribution in [2.75, 3.05) is 5.75 Å². The molecule has 1 aromatic carbocycles. The molecule has 0 heterocycles. The van der Waals surface area contributed by atoms with Crippen LogP contribution in [0.15, 0.2) is 47.4 Å². The molecule has 0 fully saturated rings. The van der Waals surface area contributed by atoms with Crippen molar-refractivity contribution in [2.24, 2.45) is 0 Å². The van der Waals surface area contributed by atoms with Gasteiger partial charge in [-0.15, -0.1) is 6.42 Å². The Kier molecular flexibility index (Phi) is 4.01. The van der Waals surface area contributed by atoms with Gasteiger partial charge in [0.05, 0.1) is 10.8 Å². The highest BCUT2D eigenvalue weighted by molar-refractivity contribution is 7.85. The Bertz CT molecular complexity index is 346. The molecule has 1 aromatic rings. The first-order valence-corrected chi connectivity index (χ1v) is 5.21. The zero-order valence-corrected chi connectivity index (χ0v) is 7.96. The maximum Gasteiger partial charge on any atom is 0.0568 e. The van der Waals surface area contributed by atoms with E-state index in [1.165, 1.54) is 0 Å². The van der Waals surface area contributed by atoms with Crippen LogP contribution in [0.5, 0.6) is 0 Å². The van der Waals surface area contributed by atoms with Crippen LogP contribution in [0.4, 0.5) is 0 Å². The Morgan fingerprint density at radius 2 is 2.08 bits per heavy atom. The molecule has 0 aliphatic carbocycles. The number of benzene rings is 1. The lowest BCUT2D eigenvalue weighted by atomic mass is 10.4. The van der Waals surface area contributed by atoms with Crippen LogP contribution >= 0.6 is 0 Å². The van der Waals surface area contributed by atoms with E-state index in [4.69, 9.17) is 6.42 Å². The Balaban J connectivity index is 2.61.